The topological polar surface area (TPSA) is 47.3 Å². The molecule has 3 N–H and O–H groups in total. The Balaban J connectivity index is 1.92. The molecular formula is C15H24N2O. The van der Waals surface area contributed by atoms with Crippen LogP contribution in [0.4, 0.5) is 0 Å². The Morgan fingerprint density at radius 1 is 1.39 bits per heavy atom. The smallest absolute Gasteiger partial charge is 0.0465 e. The third kappa shape index (κ3) is 3.10. The Morgan fingerprint density at radius 3 is 2.72 bits per heavy atom. The minimum absolute atomic E-state index is 0.394. The summed E-state index contributed by atoms with van der Waals surface area (Å²) in [5.41, 5.74) is 4.46. The molecule has 1 aliphatic carbocycles. The number of ether oxygens (including phenoxy) is 1. The highest BCUT2D eigenvalue weighted by Gasteiger charge is 2.44. The molecule has 3 heteroatoms. The number of benzene rings is 1. The molecule has 1 aromatic rings. The van der Waals surface area contributed by atoms with E-state index in [2.05, 4.69) is 42.7 Å². The lowest BCUT2D eigenvalue weighted by Crippen LogP contribution is -2.42. The molecule has 0 saturated heterocycles. The monoisotopic (exact) mass is 248 g/mol. The Bertz CT molecular complexity index is 355. The molecule has 0 aromatic heterocycles. The minimum atomic E-state index is 0.394. The Hall–Kier alpha value is -0.900. The zero-order chi connectivity index (χ0) is 13.0. The van der Waals surface area contributed by atoms with Crippen LogP contribution in [0.15, 0.2) is 30.3 Å². The quantitative estimate of drug-likeness (QED) is 0.575. The van der Waals surface area contributed by atoms with Crippen molar-refractivity contribution in [2.75, 3.05) is 13.7 Å². The predicted molar refractivity (Wildman–Crippen MR) is 74.1 cm³/mol. The fraction of sp³-hybridized carbons (Fsp3) is 0.600. The third-order valence-electron chi connectivity index (χ3n) is 4.11. The molecule has 2 rings (SSSR count). The van der Waals surface area contributed by atoms with E-state index in [4.69, 9.17) is 10.6 Å². The van der Waals surface area contributed by atoms with Crippen molar-refractivity contribution in [3.8, 4) is 0 Å². The zero-order valence-corrected chi connectivity index (χ0v) is 11.3. The summed E-state index contributed by atoms with van der Waals surface area (Å²) >= 11 is 0. The molecule has 0 aliphatic heterocycles. The highest BCUT2D eigenvalue weighted by molar-refractivity contribution is 5.26. The van der Waals surface area contributed by atoms with Gasteiger partial charge in [0.1, 0.15) is 0 Å². The lowest BCUT2D eigenvalue weighted by atomic mass is 9.93. The normalized spacial score (nSPS) is 25.7. The second-order valence-electron chi connectivity index (χ2n) is 5.37. The molecule has 1 aromatic carbocycles. The van der Waals surface area contributed by atoms with Gasteiger partial charge >= 0.3 is 0 Å². The third-order valence-corrected chi connectivity index (χ3v) is 4.11. The second-order valence-corrected chi connectivity index (χ2v) is 5.37. The highest BCUT2D eigenvalue weighted by Crippen LogP contribution is 2.50. The van der Waals surface area contributed by atoms with Gasteiger partial charge in [0, 0.05) is 19.8 Å². The molecule has 1 fully saturated rings. The molecule has 100 valence electrons. The van der Waals surface area contributed by atoms with Crippen molar-refractivity contribution >= 4 is 0 Å². The van der Waals surface area contributed by atoms with Gasteiger partial charge in [0.05, 0.1) is 0 Å². The summed E-state index contributed by atoms with van der Waals surface area (Å²) in [6.45, 7) is 3.06. The molecule has 1 saturated carbocycles. The number of hydrogen-bond donors (Lipinski definition) is 2. The van der Waals surface area contributed by atoms with Gasteiger partial charge in [-0.15, -0.1) is 0 Å². The Morgan fingerprint density at radius 2 is 2.11 bits per heavy atom. The van der Waals surface area contributed by atoms with Gasteiger partial charge in [-0.3, -0.25) is 11.3 Å². The number of hydrogen-bond acceptors (Lipinski definition) is 3. The van der Waals surface area contributed by atoms with Gasteiger partial charge in [-0.05, 0) is 36.2 Å². The van der Waals surface area contributed by atoms with Crippen LogP contribution in [0.3, 0.4) is 0 Å². The molecule has 0 amide bonds. The van der Waals surface area contributed by atoms with Gasteiger partial charge in [-0.25, -0.2) is 0 Å². The predicted octanol–water partition coefficient (Wildman–Crippen LogP) is 2.29. The lowest BCUT2D eigenvalue weighted by molar-refractivity contribution is 0.166. The van der Waals surface area contributed by atoms with Crippen molar-refractivity contribution in [3.05, 3.63) is 35.9 Å². The average Bonchev–Trinajstić information content (AvgIpc) is 3.18. The highest BCUT2D eigenvalue weighted by atomic mass is 16.5. The Labute approximate surface area is 110 Å². The zero-order valence-electron chi connectivity index (χ0n) is 11.3. The lowest BCUT2D eigenvalue weighted by Gasteiger charge is -2.23. The summed E-state index contributed by atoms with van der Waals surface area (Å²) in [6.07, 6.45) is 2.31. The molecule has 18 heavy (non-hydrogen) atoms. The largest absolute Gasteiger partial charge is 0.385 e. The summed E-state index contributed by atoms with van der Waals surface area (Å²) < 4.78 is 5.15. The minimum Gasteiger partial charge on any atom is -0.385 e. The van der Waals surface area contributed by atoms with Gasteiger partial charge in [-0.2, -0.15) is 0 Å². The summed E-state index contributed by atoms with van der Waals surface area (Å²) in [5, 5.41) is 0. The summed E-state index contributed by atoms with van der Waals surface area (Å²) in [6, 6.07) is 11.1. The van der Waals surface area contributed by atoms with Crippen LogP contribution in [0.2, 0.25) is 0 Å². The van der Waals surface area contributed by atoms with Crippen LogP contribution in [0.25, 0.3) is 0 Å². The van der Waals surface area contributed by atoms with E-state index in [9.17, 15) is 0 Å². The molecule has 0 heterocycles. The van der Waals surface area contributed by atoms with E-state index in [0.29, 0.717) is 23.8 Å². The van der Waals surface area contributed by atoms with Gasteiger partial charge < -0.3 is 4.74 Å². The van der Waals surface area contributed by atoms with Crippen molar-refractivity contribution in [2.24, 2.45) is 17.7 Å². The van der Waals surface area contributed by atoms with Crippen LogP contribution < -0.4 is 11.3 Å². The van der Waals surface area contributed by atoms with Crippen LogP contribution in [0, 0.1) is 11.8 Å². The van der Waals surface area contributed by atoms with E-state index >= 15 is 0 Å². The molecule has 4 unspecified atom stereocenters. The SMILES string of the molecule is COCCC(C)C(NN)C1CC1c1ccccc1. The fourth-order valence-electron chi connectivity index (χ4n) is 2.89. The van der Waals surface area contributed by atoms with Crippen molar-refractivity contribution in [1.29, 1.82) is 0 Å². The van der Waals surface area contributed by atoms with Crippen molar-refractivity contribution in [3.63, 3.8) is 0 Å². The number of nitrogens with one attached hydrogen (secondary N) is 1. The first-order valence-corrected chi connectivity index (χ1v) is 6.78. The van der Waals surface area contributed by atoms with E-state index in [1.165, 1.54) is 12.0 Å². The number of methoxy groups -OCH3 is 1. The first-order valence-electron chi connectivity index (χ1n) is 6.78. The molecule has 0 spiro atoms. The van der Waals surface area contributed by atoms with Crippen LogP contribution >= 0.6 is 0 Å². The van der Waals surface area contributed by atoms with E-state index in [-0.39, 0.29) is 0 Å². The van der Waals surface area contributed by atoms with E-state index in [1.807, 2.05) is 0 Å². The van der Waals surface area contributed by atoms with Gasteiger partial charge in [0.2, 0.25) is 0 Å². The summed E-state index contributed by atoms with van der Waals surface area (Å²) in [5.74, 6) is 7.63. The fourth-order valence-corrected chi connectivity index (χ4v) is 2.89. The van der Waals surface area contributed by atoms with Crippen LogP contribution in [-0.2, 0) is 4.74 Å². The molecule has 3 nitrogen and oxygen atoms in total. The van der Waals surface area contributed by atoms with Crippen molar-refractivity contribution in [1.82, 2.24) is 5.43 Å². The van der Waals surface area contributed by atoms with Gasteiger partial charge in [-0.1, -0.05) is 37.3 Å². The van der Waals surface area contributed by atoms with Crippen molar-refractivity contribution in [2.45, 2.75) is 31.7 Å². The van der Waals surface area contributed by atoms with Gasteiger partial charge in [0.15, 0.2) is 0 Å². The first-order chi connectivity index (χ1) is 8.77. The Kier molecular flexibility index (Phi) is 4.75. The van der Waals surface area contributed by atoms with Crippen LogP contribution in [0.1, 0.15) is 31.2 Å². The standard InChI is InChI=1S/C15H24N2O/c1-11(8-9-18-2)15(17-16)14-10-13(14)12-6-4-3-5-7-12/h3-7,11,13-15,17H,8-10,16H2,1-2H3. The molecule has 0 radical (unpaired) electrons. The van der Waals surface area contributed by atoms with E-state index in [0.717, 1.165) is 13.0 Å². The van der Waals surface area contributed by atoms with E-state index in [1.54, 1.807) is 7.11 Å². The molecule has 1 aliphatic rings. The van der Waals surface area contributed by atoms with Crippen LogP contribution in [-0.4, -0.2) is 19.8 Å². The second kappa shape index (κ2) is 6.32. The number of rotatable bonds is 7. The maximum absolute atomic E-state index is 5.74. The first kappa shape index (κ1) is 13.5. The number of hydrazine groups is 1. The molecule has 0 bridgehead atoms. The maximum atomic E-state index is 5.74. The van der Waals surface area contributed by atoms with Gasteiger partial charge in [0.25, 0.3) is 0 Å². The number of nitrogens with two attached hydrogens (primary N) is 1. The molecule has 4 atom stereocenters. The van der Waals surface area contributed by atoms with Crippen LogP contribution in [0.5, 0.6) is 0 Å². The van der Waals surface area contributed by atoms with E-state index < -0.39 is 0 Å². The summed E-state index contributed by atoms with van der Waals surface area (Å²) in [4.78, 5) is 0. The average molecular weight is 248 g/mol. The van der Waals surface area contributed by atoms with Crippen molar-refractivity contribution < 1.29 is 4.74 Å². The molecular weight excluding hydrogens is 224 g/mol. The summed E-state index contributed by atoms with van der Waals surface area (Å²) in [7, 11) is 1.75. The maximum Gasteiger partial charge on any atom is 0.0465 e.